The Kier molecular flexibility index (Phi) is 4.05. The topological polar surface area (TPSA) is 19.0 Å². The van der Waals surface area contributed by atoms with E-state index in [1.807, 2.05) is 0 Å². The van der Waals surface area contributed by atoms with E-state index >= 15 is 0 Å². The lowest BCUT2D eigenvalue weighted by Crippen LogP contribution is -2.02. The fraction of sp³-hybridized carbons (Fsp3) is 0.235. The Morgan fingerprint density at radius 3 is 3.15 bits per heavy atom. The molecule has 3 heteroatoms. The van der Waals surface area contributed by atoms with E-state index in [4.69, 9.17) is 0 Å². The number of aromatic amines is 1. The molecule has 0 fully saturated rings. The highest BCUT2D eigenvalue weighted by molar-refractivity contribution is 14.2. The molecule has 1 unspecified atom stereocenters. The number of halogens is 1. The molecule has 0 bridgehead atoms. The summed E-state index contributed by atoms with van der Waals surface area (Å²) in [6, 6.07) is 0. The fourth-order valence-electron chi connectivity index (χ4n) is 2.42. The maximum atomic E-state index is 3.37. The predicted octanol–water partition coefficient (Wildman–Crippen LogP) is 4.31. The molecule has 0 aromatic carbocycles. The highest BCUT2D eigenvalue weighted by Gasteiger charge is 2.14. The summed E-state index contributed by atoms with van der Waals surface area (Å²) in [6.45, 7) is 2.27. The Bertz CT molecular complexity index is 644. The second-order valence-corrected chi connectivity index (χ2v) is 8.04. The number of rotatable bonds is 2. The third-order valence-corrected chi connectivity index (χ3v) is 5.45. The van der Waals surface area contributed by atoms with Gasteiger partial charge in [0.05, 0.1) is 0 Å². The first-order valence-corrected chi connectivity index (χ1v) is 9.08. The number of hydrogen-bond acceptors (Lipinski definition) is 1. The number of nitrogens with one attached hydrogen (secondary N) is 1. The van der Waals surface area contributed by atoms with Gasteiger partial charge < -0.3 is 8.10 Å². The van der Waals surface area contributed by atoms with Crippen LogP contribution in [-0.2, 0) is 6.42 Å². The standard InChI is InChI=1S/C17H19IN2/c1-13-3-6-17-16(11-13)15(12-19-17)5-4-14-7-9-18-20(2)10-8-14/h3-10,12-13,19H,11H2,1-2H3/b5-4-. The molecule has 0 radical (unpaired) electrons. The van der Waals surface area contributed by atoms with Gasteiger partial charge in [0.25, 0.3) is 0 Å². The van der Waals surface area contributed by atoms with Crippen LogP contribution in [0, 0.1) is 5.92 Å². The van der Waals surface area contributed by atoms with Gasteiger partial charge >= 0.3 is 0 Å². The van der Waals surface area contributed by atoms with Gasteiger partial charge in [-0.3, -0.25) is 0 Å². The largest absolute Gasteiger partial charge is 0.361 e. The van der Waals surface area contributed by atoms with Crippen LogP contribution in [0.4, 0.5) is 0 Å². The molecule has 104 valence electrons. The van der Waals surface area contributed by atoms with Crippen LogP contribution >= 0.6 is 21.0 Å². The first kappa shape index (κ1) is 13.6. The number of aromatic nitrogens is 1. The summed E-state index contributed by atoms with van der Waals surface area (Å²) in [7, 11) is 2.14. The van der Waals surface area contributed by atoms with Crippen molar-refractivity contribution in [3.05, 3.63) is 59.1 Å². The van der Waals surface area contributed by atoms with Crippen molar-refractivity contribution in [2.24, 2.45) is 5.92 Å². The molecule has 1 N–H and O–H groups in total. The van der Waals surface area contributed by atoms with Crippen LogP contribution < -0.4 is 0 Å². The lowest BCUT2D eigenvalue weighted by atomic mass is 9.92. The van der Waals surface area contributed by atoms with Crippen molar-refractivity contribution in [3.63, 3.8) is 0 Å². The molecule has 1 aromatic heterocycles. The van der Waals surface area contributed by atoms with E-state index in [1.165, 1.54) is 22.4 Å². The van der Waals surface area contributed by atoms with Crippen LogP contribution in [0.1, 0.15) is 23.7 Å². The molecule has 20 heavy (non-hydrogen) atoms. The number of hydrogen-bond donors (Lipinski definition) is 1. The molecule has 3 rings (SSSR count). The summed E-state index contributed by atoms with van der Waals surface area (Å²) < 4.78 is 4.58. The van der Waals surface area contributed by atoms with E-state index in [2.05, 4.69) is 74.9 Å². The Labute approximate surface area is 130 Å². The quantitative estimate of drug-likeness (QED) is 0.601. The molecule has 2 heterocycles. The van der Waals surface area contributed by atoms with Crippen molar-refractivity contribution < 1.29 is 0 Å². The summed E-state index contributed by atoms with van der Waals surface area (Å²) in [5.41, 5.74) is 5.30. The maximum absolute atomic E-state index is 3.37. The molecular weight excluding hydrogens is 359 g/mol. The fourth-order valence-corrected chi connectivity index (χ4v) is 3.85. The lowest BCUT2D eigenvalue weighted by Gasteiger charge is -2.12. The first-order valence-electron chi connectivity index (χ1n) is 6.87. The van der Waals surface area contributed by atoms with Crippen LogP contribution in [0.25, 0.3) is 12.2 Å². The summed E-state index contributed by atoms with van der Waals surface area (Å²) in [5.74, 6) is 0.633. The highest BCUT2D eigenvalue weighted by atomic mass is 127. The van der Waals surface area contributed by atoms with Gasteiger partial charge in [0.1, 0.15) is 0 Å². The molecule has 1 aliphatic carbocycles. The second kappa shape index (κ2) is 5.95. The monoisotopic (exact) mass is 378 g/mol. The molecule has 1 aliphatic heterocycles. The maximum Gasteiger partial charge on any atom is 0.0416 e. The summed E-state index contributed by atoms with van der Waals surface area (Å²) >= 11 is 0.0214. The van der Waals surface area contributed by atoms with E-state index in [0.29, 0.717) is 5.92 Å². The average molecular weight is 378 g/mol. The number of H-pyrrole nitrogens is 1. The van der Waals surface area contributed by atoms with Gasteiger partial charge in [-0.15, -0.1) is 0 Å². The Morgan fingerprint density at radius 2 is 2.25 bits per heavy atom. The normalized spacial score (nSPS) is 21.6. The van der Waals surface area contributed by atoms with Crippen molar-refractivity contribution in [2.45, 2.75) is 13.3 Å². The van der Waals surface area contributed by atoms with Crippen molar-refractivity contribution in [2.75, 3.05) is 7.05 Å². The minimum Gasteiger partial charge on any atom is -0.361 e. The molecule has 1 atom stereocenters. The molecule has 0 saturated heterocycles. The molecular formula is C17H19IN2. The minimum atomic E-state index is 0.0214. The van der Waals surface area contributed by atoms with Crippen molar-refractivity contribution in [3.8, 4) is 0 Å². The van der Waals surface area contributed by atoms with Crippen LogP contribution in [-0.4, -0.2) is 19.2 Å². The van der Waals surface area contributed by atoms with E-state index < -0.39 is 0 Å². The van der Waals surface area contributed by atoms with Crippen LogP contribution in [0.5, 0.6) is 0 Å². The molecule has 0 amide bonds. The Morgan fingerprint density at radius 1 is 1.35 bits per heavy atom. The van der Waals surface area contributed by atoms with E-state index in [9.17, 15) is 0 Å². The zero-order valence-corrected chi connectivity index (χ0v) is 14.0. The van der Waals surface area contributed by atoms with Crippen LogP contribution in [0.3, 0.4) is 0 Å². The average Bonchev–Trinajstić information content (AvgIpc) is 2.71. The Balaban J connectivity index is 1.82. The minimum absolute atomic E-state index is 0.0214. The van der Waals surface area contributed by atoms with E-state index in [-0.39, 0.29) is 21.0 Å². The smallest absolute Gasteiger partial charge is 0.0416 e. The number of allylic oxidation sites excluding steroid dienone is 5. The molecule has 2 aliphatic rings. The van der Waals surface area contributed by atoms with Crippen molar-refractivity contribution >= 4 is 37.2 Å². The van der Waals surface area contributed by atoms with Gasteiger partial charge in [0.15, 0.2) is 0 Å². The van der Waals surface area contributed by atoms with Gasteiger partial charge in [0, 0.05) is 25.1 Å². The van der Waals surface area contributed by atoms with Crippen LogP contribution in [0.15, 0.2) is 42.3 Å². The summed E-state index contributed by atoms with van der Waals surface area (Å²) in [5, 5.41) is 0. The van der Waals surface area contributed by atoms with E-state index in [1.54, 1.807) is 0 Å². The lowest BCUT2D eigenvalue weighted by molar-refractivity contribution is 0.716. The zero-order valence-electron chi connectivity index (χ0n) is 11.8. The SMILES string of the molecule is CC1C=Cc2[nH]cc(/C=C\C3=CC=IN(C)C=C3)c2C1. The van der Waals surface area contributed by atoms with Gasteiger partial charge in [-0.05, 0) is 72.3 Å². The molecule has 2 nitrogen and oxygen atoms in total. The van der Waals surface area contributed by atoms with Gasteiger partial charge in [-0.1, -0.05) is 25.2 Å². The van der Waals surface area contributed by atoms with Gasteiger partial charge in [-0.25, -0.2) is 0 Å². The Hall–Kier alpha value is -1.36. The molecule has 1 aromatic rings. The summed E-state index contributed by atoms with van der Waals surface area (Å²) in [6.07, 6.45) is 18.8. The third kappa shape index (κ3) is 3.03. The second-order valence-electron chi connectivity index (χ2n) is 5.24. The zero-order chi connectivity index (χ0) is 13.9. The predicted molar refractivity (Wildman–Crippen MR) is 96.8 cm³/mol. The van der Waals surface area contributed by atoms with Crippen molar-refractivity contribution in [1.82, 2.24) is 8.10 Å². The van der Waals surface area contributed by atoms with E-state index in [0.717, 1.165) is 6.42 Å². The highest BCUT2D eigenvalue weighted by Crippen LogP contribution is 2.26. The van der Waals surface area contributed by atoms with Crippen LogP contribution in [0.2, 0.25) is 0 Å². The molecule has 0 saturated carbocycles. The number of fused-ring (bicyclic) bond motifs is 1. The van der Waals surface area contributed by atoms with Crippen molar-refractivity contribution in [1.29, 1.82) is 0 Å². The summed E-state index contributed by atoms with van der Waals surface area (Å²) in [4.78, 5) is 3.37. The first-order chi connectivity index (χ1) is 9.72. The number of nitrogens with zero attached hydrogens (tertiary/aromatic N) is 1. The van der Waals surface area contributed by atoms with Gasteiger partial charge in [-0.2, -0.15) is 0 Å². The third-order valence-electron chi connectivity index (χ3n) is 3.57. The molecule has 0 spiro atoms. The van der Waals surface area contributed by atoms with Gasteiger partial charge in [0.2, 0.25) is 0 Å².